The lowest BCUT2D eigenvalue weighted by molar-refractivity contribution is 0.315. The van der Waals surface area contributed by atoms with E-state index in [0.29, 0.717) is 12.6 Å². The Morgan fingerprint density at radius 3 is 2.67 bits per heavy atom. The Balaban J connectivity index is 2.02. The molecule has 21 heavy (non-hydrogen) atoms. The molecule has 0 fully saturated rings. The Labute approximate surface area is 127 Å². The van der Waals surface area contributed by atoms with Crippen molar-refractivity contribution in [3.63, 3.8) is 0 Å². The molecule has 1 aromatic heterocycles. The number of ether oxygens (including phenoxy) is 1. The summed E-state index contributed by atoms with van der Waals surface area (Å²) in [5.74, 6) is 0.984. The Hall–Kier alpha value is -1.87. The highest BCUT2D eigenvalue weighted by molar-refractivity contribution is 5.39. The molecule has 1 aromatic carbocycles. The van der Waals surface area contributed by atoms with E-state index in [-0.39, 0.29) is 0 Å². The molecule has 2 rings (SSSR count). The van der Waals surface area contributed by atoms with Gasteiger partial charge in [0.25, 0.3) is 0 Å². The molecule has 3 heteroatoms. The maximum atomic E-state index is 6.03. The van der Waals surface area contributed by atoms with Gasteiger partial charge in [-0.05, 0) is 49.7 Å². The molecule has 0 bridgehead atoms. The molecule has 0 spiro atoms. The van der Waals surface area contributed by atoms with Gasteiger partial charge in [0.15, 0.2) is 0 Å². The first kappa shape index (κ1) is 15.5. The number of benzene rings is 1. The first-order valence-electron chi connectivity index (χ1n) is 7.56. The van der Waals surface area contributed by atoms with Crippen LogP contribution in [0.15, 0.2) is 42.7 Å². The summed E-state index contributed by atoms with van der Waals surface area (Å²) in [7, 11) is 0. The Morgan fingerprint density at radius 1 is 1.19 bits per heavy atom. The third-order valence-corrected chi connectivity index (χ3v) is 3.54. The lowest BCUT2D eigenvalue weighted by atomic mass is 10.0. The van der Waals surface area contributed by atoms with E-state index in [1.807, 2.05) is 24.5 Å². The van der Waals surface area contributed by atoms with E-state index in [2.05, 4.69) is 49.3 Å². The van der Waals surface area contributed by atoms with E-state index in [1.165, 1.54) is 16.7 Å². The van der Waals surface area contributed by atoms with Crippen molar-refractivity contribution in [1.82, 2.24) is 10.3 Å². The summed E-state index contributed by atoms with van der Waals surface area (Å²) < 4.78 is 6.03. The van der Waals surface area contributed by atoms with Crippen LogP contribution in [0.5, 0.6) is 5.75 Å². The molecule has 0 saturated heterocycles. The Bertz CT molecular complexity index is 554. The molecular weight excluding hydrogens is 260 g/mol. The predicted molar refractivity (Wildman–Crippen MR) is 86.7 cm³/mol. The summed E-state index contributed by atoms with van der Waals surface area (Å²) in [6.45, 7) is 8.01. The molecule has 3 nitrogen and oxygen atoms in total. The van der Waals surface area contributed by atoms with E-state index in [9.17, 15) is 0 Å². The summed E-state index contributed by atoms with van der Waals surface area (Å²) in [6.07, 6.45) is 4.53. The Kier molecular flexibility index (Phi) is 5.76. The van der Waals surface area contributed by atoms with Crippen LogP contribution < -0.4 is 10.1 Å². The number of pyridine rings is 1. The third kappa shape index (κ3) is 4.57. The number of nitrogens with one attached hydrogen (secondary N) is 1. The fraction of sp³-hybridized carbons (Fsp3) is 0.389. The maximum Gasteiger partial charge on any atom is 0.124 e. The summed E-state index contributed by atoms with van der Waals surface area (Å²) in [5.41, 5.74) is 3.69. The van der Waals surface area contributed by atoms with Crippen LogP contribution in [-0.4, -0.2) is 18.1 Å². The standard InChI is InChI=1S/C18H24N2O/c1-4-20-15(3)17-6-5-14(2)13-18(17)21-12-9-16-7-10-19-11-8-16/h5-8,10-11,13,15,20H,4,9,12H2,1-3H3. The van der Waals surface area contributed by atoms with Gasteiger partial charge in [-0.1, -0.05) is 19.1 Å². The average molecular weight is 284 g/mol. The van der Waals surface area contributed by atoms with Crippen LogP contribution >= 0.6 is 0 Å². The zero-order chi connectivity index (χ0) is 15.1. The van der Waals surface area contributed by atoms with Crippen LogP contribution in [0, 0.1) is 6.92 Å². The summed E-state index contributed by atoms with van der Waals surface area (Å²) in [4.78, 5) is 4.03. The molecule has 1 unspecified atom stereocenters. The monoisotopic (exact) mass is 284 g/mol. The number of aromatic nitrogens is 1. The third-order valence-electron chi connectivity index (χ3n) is 3.54. The normalized spacial score (nSPS) is 12.1. The van der Waals surface area contributed by atoms with Crippen molar-refractivity contribution in [3.8, 4) is 5.75 Å². The van der Waals surface area contributed by atoms with Gasteiger partial charge in [0.2, 0.25) is 0 Å². The van der Waals surface area contributed by atoms with Gasteiger partial charge in [-0.15, -0.1) is 0 Å². The van der Waals surface area contributed by atoms with Crippen LogP contribution in [0.2, 0.25) is 0 Å². The van der Waals surface area contributed by atoms with Crippen molar-refractivity contribution in [1.29, 1.82) is 0 Å². The minimum absolute atomic E-state index is 0.298. The number of nitrogens with zero attached hydrogens (tertiary/aromatic N) is 1. The van der Waals surface area contributed by atoms with E-state index in [4.69, 9.17) is 4.74 Å². The van der Waals surface area contributed by atoms with Crippen molar-refractivity contribution in [3.05, 3.63) is 59.4 Å². The highest BCUT2D eigenvalue weighted by Gasteiger charge is 2.11. The SMILES string of the molecule is CCNC(C)c1ccc(C)cc1OCCc1ccncc1. The van der Waals surface area contributed by atoms with Crippen molar-refractivity contribution >= 4 is 0 Å². The first-order chi connectivity index (χ1) is 10.2. The highest BCUT2D eigenvalue weighted by atomic mass is 16.5. The molecule has 0 aliphatic rings. The maximum absolute atomic E-state index is 6.03. The molecule has 0 saturated carbocycles. The molecule has 0 radical (unpaired) electrons. The molecule has 1 atom stereocenters. The van der Waals surface area contributed by atoms with Crippen molar-refractivity contribution in [2.24, 2.45) is 0 Å². The van der Waals surface area contributed by atoms with Crippen molar-refractivity contribution in [2.45, 2.75) is 33.2 Å². The molecule has 0 aliphatic carbocycles. The van der Waals surface area contributed by atoms with Gasteiger partial charge in [-0.2, -0.15) is 0 Å². The zero-order valence-corrected chi connectivity index (χ0v) is 13.1. The topological polar surface area (TPSA) is 34.1 Å². The van der Waals surface area contributed by atoms with Gasteiger partial charge < -0.3 is 10.1 Å². The van der Waals surface area contributed by atoms with Gasteiger partial charge in [0.05, 0.1) is 6.61 Å². The molecular formula is C18H24N2O. The second-order valence-corrected chi connectivity index (χ2v) is 5.27. The second-order valence-electron chi connectivity index (χ2n) is 5.27. The van der Waals surface area contributed by atoms with Gasteiger partial charge in [-0.25, -0.2) is 0 Å². The van der Waals surface area contributed by atoms with E-state index >= 15 is 0 Å². The van der Waals surface area contributed by atoms with Crippen LogP contribution in [0.1, 0.15) is 36.6 Å². The molecule has 1 heterocycles. The largest absolute Gasteiger partial charge is 0.493 e. The lowest BCUT2D eigenvalue weighted by Crippen LogP contribution is -2.18. The number of aryl methyl sites for hydroxylation is 1. The number of hydrogen-bond acceptors (Lipinski definition) is 3. The van der Waals surface area contributed by atoms with Crippen LogP contribution in [0.25, 0.3) is 0 Å². The molecule has 112 valence electrons. The molecule has 0 amide bonds. The summed E-state index contributed by atoms with van der Waals surface area (Å²) in [5, 5.41) is 3.44. The first-order valence-corrected chi connectivity index (χ1v) is 7.56. The fourth-order valence-corrected chi connectivity index (χ4v) is 2.37. The summed E-state index contributed by atoms with van der Waals surface area (Å²) in [6, 6.07) is 10.8. The van der Waals surface area contributed by atoms with Crippen molar-refractivity contribution in [2.75, 3.05) is 13.2 Å². The molecule has 0 aliphatic heterocycles. The quantitative estimate of drug-likeness (QED) is 0.842. The van der Waals surface area contributed by atoms with E-state index < -0.39 is 0 Å². The smallest absolute Gasteiger partial charge is 0.124 e. The van der Waals surface area contributed by atoms with Gasteiger partial charge >= 0.3 is 0 Å². The Morgan fingerprint density at radius 2 is 1.95 bits per heavy atom. The molecule has 1 N–H and O–H groups in total. The average Bonchev–Trinajstić information content (AvgIpc) is 2.49. The zero-order valence-electron chi connectivity index (χ0n) is 13.1. The van der Waals surface area contributed by atoms with E-state index in [0.717, 1.165) is 18.7 Å². The number of rotatable bonds is 7. The summed E-state index contributed by atoms with van der Waals surface area (Å²) >= 11 is 0. The number of hydrogen-bond donors (Lipinski definition) is 1. The van der Waals surface area contributed by atoms with Crippen LogP contribution in [0.3, 0.4) is 0 Å². The van der Waals surface area contributed by atoms with Crippen molar-refractivity contribution < 1.29 is 4.74 Å². The minimum atomic E-state index is 0.298. The van der Waals surface area contributed by atoms with Crippen LogP contribution in [0.4, 0.5) is 0 Å². The minimum Gasteiger partial charge on any atom is -0.493 e. The lowest BCUT2D eigenvalue weighted by Gasteiger charge is -2.18. The second kappa shape index (κ2) is 7.79. The predicted octanol–water partition coefficient (Wildman–Crippen LogP) is 3.68. The van der Waals surface area contributed by atoms with Crippen LogP contribution in [-0.2, 0) is 6.42 Å². The molecule has 2 aromatic rings. The van der Waals surface area contributed by atoms with Gasteiger partial charge in [-0.3, -0.25) is 4.98 Å². The fourth-order valence-electron chi connectivity index (χ4n) is 2.37. The van der Waals surface area contributed by atoms with E-state index in [1.54, 1.807) is 0 Å². The van der Waals surface area contributed by atoms with Gasteiger partial charge in [0.1, 0.15) is 5.75 Å². The highest BCUT2D eigenvalue weighted by Crippen LogP contribution is 2.26. The van der Waals surface area contributed by atoms with Gasteiger partial charge in [0, 0.05) is 30.4 Å².